The number of rotatable bonds is 3. The third kappa shape index (κ3) is 2.92. The van der Waals surface area contributed by atoms with Gasteiger partial charge in [0, 0.05) is 5.39 Å². The van der Waals surface area contributed by atoms with Crippen LogP contribution in [-0.4, -0.2) is 11.0 Å². The molecule has 0 saturated carbocycles. The zero-order valence-electron chi connectivity index (χ0n) is 11.7. The Balaban J connectivity index is 1.82. The number of carbonyl (C=O) groups is 1. The lowest BCUT2D eigenvalue weighted by Gasteiger charge is -2.08. The molecule has 0 aliphatic rings. The lowest BCUT2D eigenvalue weighted by atomic mass is 10.1. The van der Waals surface area contributed by atoms with Crippen molar-refractivity contribution in [2.45, 2.75) is 13.5 Å². The minimum absolute atomic E-state index is 0.270. The molecule has 0 amide bonds. The van der Waals surface area contributed by atoms with Crippen LogP contribution in [0.25, 0.3) is 10.9 Å². The number of ether oxygens (including phenoxy) is 1. The first-order chi connectivity index (χ1) is 10.2. The van der Waals surface area contributed by atoms with Crippen molar-refractivity contribution in [1.82, 2.24) is 4.98 Å². The third-order valence-corrected chi connectivity index (χ3v) is 3.35. The molecular weight excluding hydrogens is 262 g/mol. The van der Waals surface area contributed by atoms with E-state index in [0.717, 1.165) is 16.5 Å². The fourth-order valence-corrected chi connectivity index (χ4v) is 2.22. The Kier molecular flexibility index (Phi) is 3.65. The molecule has 0 N–H and O–H groups in total. The summed E-state index contributed by atoms with van der Waals surface area (Å²) in [6.07, 6.45) is 0. The van der Waals surface area contributed by atoms with E-state index in [1.165, 1.54) is 0 Å². The van der Waals surface area contributed by atoms with Crippen molar-refractivity contribution in [3.05, 3.63) is 77.5 Å². The predicted molar refractivity (Wildman–Crippen MR) is 82.0 cm³/mol. The highest BCUT2D eigenvalue weighted by atomic mass is 16.5. The van der Waals surface area contributed by atoms with E-state index in [2.05, 4.69) is 4.98 Å². The maximum atomic E-state index is 12.2. The molecule has 0 atom stereocenters. The largest absolute Gasteiger partial charge is 0.457 e. The molecule has 104 valence electrons. The number of nitrogens with zero attached hydrogens (tertiary/aromatic N) is 1. The molecule has 3 heteroatoms. The van der Waals surface area contributed by atoms with E-state index in [-0.39, 0.29) is 12.6 Å². The molecular formula is C18H15NO2. The van der Waals surface area contributed by atoms with Crippen LogP contribution >= 0.6 is 0 Å². The molecule has 0 unspecified atom stereocenters. The summed E-state index contributed by atoms with van der Waals surface area (Å²) in [5.41, 5.74) is 3.06. The molecule has 1 heterocycles. The minimum atomic E-state index is -0.338. The van der Waals surface area contributed by atoms with E-state index in [9.17, 15) is 4.79 Å². The number of pyridine rings is 1. The molecule has 0 spiro atoms. The van der Waals surface area contributed by atoms with Crippen molar-refractivity contribution < 1.29 is 9.53 Å². The molecule has 3 aromatic rings. The summed E-state index contributed by atoms with van der Waals surface area (Å²) in [4.78, 5) is 16.7. The Hall–Kier alpha value is -2.68. The van der Waals surface area contributed by atoms with Crippen molar-refractivity contribution in [1.29, 1.82) is 0 Å². The zero-order chi connectivity index (χ0) is 14.7. The summed E-state index contributed by atoms with van der Waals surface area (Å²) in [7, 11) is 0. The molecule has 2 aromatic carbocycles. The van der Waals surface area contributed by atoms with Crippen LogP contribution in [0.15, 0.2) is 60.7 Å². The van der Waals surface area contributed by atoms with E-state index < -0.39 is 0 Å². The van der Waals surface area contributed by atoms with Gasteiger partial charge in [-0.2, -0.15) is 0 Å². The van der Waals surface area contributed by atoms with Crippen LogP contribution in [0.2, 0.25) is 0 Å². The van der Waals surface area contributed by atoms with Gasteiger partial charge in [-0.05, 0) is 24.6 Å². The van der Waals surface area contributed by atoms with E-state index in [1.54, 1.807) is 0 Å². The molecule has 0 saturated heterocycles. The van der Waals surface area contributed by atoms with Gasteiger partial charge in [-0.3, -0.25) is 4.98 Å². The van der Waals surface area contributed by atoms with Gasteiger partial charge in [0.05, 0.1) is 16.8 Å². The first kappa shape index (κ1) is 13.3. The molecule has 21 heavy (non-hydrogen) atoms. The quantitative estimate of drug-likeness (QED) is 0.681. The van der Waals surface area contributed by atoms with Gasteiger partial charge < -0.3 is 4.74 Å². The molecule has 0 bridgehead atoms. The van der Waals surface area contributed by atoms with Crippen molar-refractivity contribution in [3.8, 4) is 0 Å². The van der Waals surface area contributed by atoms with Crippen LogP contribution < -0.4 is 0 Å². The number of carbonyl (C=O) groups excluding carboxylic acids is 1. The number of aromatic nitrogens is 1. The summed E-state index contributed by atoms with van der Waals surface area (Å²) in [6.45, 7) is 2.09. The Morgan fingerprint density at radius 3 is 2.57 bits per heavy atom. The molecule has 3 rings (SSSR count). The van der Waals surface area contributed by atoms with Gasteiger partial charge in [0.1, 0.15) is 6.61 Å². The molecule has 0 aliphatic carbocycles. The second-order valence-corrected chi connectivity index (χ2v) is 4.88. The third-order valence-electron chi connectivity index (χ3n) is 3.35. The Bertz CT molecular complexity index is 782. The highest BCUT2D eigenvalue weighted by Gasteiger charge is 2.13. The zero-order valence-corrected chi connectivity index (χ0v) is 11.7. The Morgan fingerprint density at radius 1 is 1.05 bits per heavy atom. The fraction of sp³-hybridized carbons (Fsp3) is 0.111. The summed E-state index contributed by atoms with van der Waals surface area (Å²) in [6, 6.07) is 19.2. The average Bonchev–Trinajstić information content (AvgIpc) is 2.53. The summed E-state index contributed by atoms with van der Waals surface area (Å²) in [5, 5.41) is 0.940. The van der Waals surface area contributed by atoms with E-state index in [1.807, 2.05) is 67.6 Å². The maximum absolute atomic E-state index is 12.2. The first-order valence-corrected chi connectivity index (χ1v) is 6.81. The predicted octanol–water partition coefficient (Wildman–Crippen LogP) is 3.90. The number of para-hydroxylation sites is 1. The smallest absolute Gasteiger partial charge is 0.340 e. The first-order valence-electron chi connectivity index (χ1n) is 6.81. The molecule has 3 nitrogen and oxygen atoms in total. The molecule has 0 fully saturated rings. The van der Waals surface area contributed by atoms with E-state index in [4.69, 9.17) is 4.74 Å². The maximum Gasteiger partial charge on any atom is 0.340 e. The van der Waals surface area contributed by atoms with Gasteiger partial charge in [-0.15, -0.1) is 0 Å². The second kappa shape index (κ2) is 5.75. The standard InChI is InChI=1S/C18H15NO2/c1-13-16(11-15-9-5-6-10-17(15)19-13)18(20)21-12-14-7-3-2-4-8-14/h2-11H,12H2,1H3. The SMILES string of the molecule is Cc1nc2ccccc2cc1C(=O)OCc1ccccc1. The van der Waals surface area contributed by atoms with Crippen LogP contribution in [0, 0.1) is 6.92 Å². The van der Waals surface area contributed by atoms with Crippen molar-refractivity contribution in [2.75, 3.05) is 0 Å². The van der Waals surface area contributed by atoms with Crippen LogP contribution in [-0.2, 0) is 11.3 Å². The van der Waals surface area contributed by atoms with Gasteiger partial charge in [0.25, 0.3) is 0 Å². The highest BCUT2D eigenvalue weighted by Crippen LogP contribution is 2.17. The average molecular weight is 277 g/mol. The highest BCUT2D eigenvalue weighted by molar-refractivity contribution is 5.95. The van der Waals surface area contributed by atoms with Crippen molar-refractivity contribution >= 4 is 16.9 Å². The topological polar surface area (TPSA) is 39.2 Å². The van der Waals surface area contributed by atoms with Gasteiger partial charge in [-0.1, -0.05) is 48.5 Å². The van der Waals surface area contributed by atoms with E-state index in [0.29, 0.717) is 11.3 Å². The molecule has 0 radical (unpaired) electrons. The second-order valence-electron chi connectivity index (χ2n) is 4.88. The number of benzene rings is 2. The monoisotopic (exact) mass is 277 g/mol. The van der Waals surface area contributed by atoms with Gasteiger partial charge >= 0.3 is 5.97 Å². The fourth-order valence-electron chi connectivity index (χ4n) is 2.22. The Morgan fingerprint density at radius 2 is 1.76 bits per heavy atom. The normalized spacial score (nSPS) is 10.5. The minimum Gasteiger partial charge on any atom is -0.457 e. The number of fused-ring (bicyclic) bond motifs is 1. The van der Waals surface area contributed by atoms with Gasteiger partial charge in [-0.25, -0.2) is 4.79 Å². The van der Waals surface area contributed by atoms with Gasteiger partial charge in [0.15, 0.2) is 0 Å². The van der Waals surface area contributed by atoms with E-state index >= 15 is 0 Å². The lowest BCUT2D eigenvalue weighted by Crippen LogP contribution is -2.08. The summed E-state index contributed by atoms with van der Waals surface area (Å²) < 4.78 is 5.36. The number of hydrogen-bond donors (Lipinski definition) is 0. The number of aryl methyl sites for hydroxylation is 1. The van der Waals surface area contributed by atoms with Crippen LogP contribution in [0.1, 0.15) is 21.6 Å². The lowest BCUT2D eigenvalue weighted by molar-refractivity contribution is 0.0471. The van der Waals surface area contributed by atoms with Crippen molar-refractivity contribution in [3.63, 3.8) is 0 Å². The molecule has 1 aromatic heterocycles. The van der Waals surface area contributed by atoms with Crippen molar-refractivity contribution in [2.24, 2.45) is 0 Å². The van der Waals surface area contributed by atoms with Gasteiger partial charge in [0.2, 0.25) is 0 Å². The number of esters is 1. The number of hydrogen-bond acceptors (Lipinski definition) is 3. The van der Waals surface area contributed by atoms with Crippen LogP contribution in [0.5, 0.6) is 0 Å². The van der Waals surface area contributed by atoms with Crippen LogP contribution in [0.4, 0.5) is 0 Å². The Labute approximate surface area is 123 Å². The summed E-state index contributed by atoms with van der Waals surface area (Å²) in [5.74, 6) is -0.338. The molecule has 0 aliphatic heterocycles. The van der Waals surface area contributed by atoms with Crippen LogP contribution in [0.3, 0.4) is 0 Å². The summed E-state index contributed by atoms with van der Waals surface area (Å²) >= 11 is 0.